The van der Waals surface area contributed by atoms with E-state index in [1.54, 1.807) is 14.2 Å². The van der Waals surface area contributed by atoms with Crippen LogP contribution in [-0.4, -0.2) is 70.6 Å². The summed E-state index contributed by atoms with van der Waals surface area (Å²) in [6.45, 7) is 2.08. The molecule has 0 radical (unpaired) electrons. The van der Waals surface area contributed by atoms with Crippen LogP contribution in [0.2, 0.25) is 0 Å². The molecule has 4 heterocycles. The molecular weight excluding hydrogens is 464 g/mol. The second-order valence-electron chi connectivity index (χ2n) is 9.87. The molecule has 0 aromatic heterocycles. The highest BCUT2D eigenvalue weighted by Gasteiger charge is 2.38. The van der Waals surface area contributed by atoms with Crippen molar-refractivity contribution in [2.45, 2.75) is 37.8 Å². The van der Waals surface area contributed by atoms with Crippen LogP contribution in [-0.2, 0) is 17.6 Å². The molecule has 0 spiro atoms. The average Bonchev–Trinajstić information content (AvgIpc) is 3.54. The SMILES string of the molecule is COc1c2c(cc3c1[C@H](CC(=O)C[C@H]1c4c(cc5c(c4OC)OCO5)CCN1C)N(C)CC3)OCO2. The van der Waals surface area contributed by atoms with Crippen LogP contribution in [0.15, 0.2) is 12.1 Å². The standard InChI is InChI=1S/C27H32N2O7/c1-28-7-5-15-9-20-24(35-13-33-20)26(31-3)22(15)18(28)11-17(30)12-19-23-16(6-8-29(19)2)10-21-25(27(23)32-4)36-14-34-21/h9-10,18-19H,5-8,11-14H2,1-4H3/t18-,19-/m0/s1. The van der Waals surface area contributed by atoms with Crippen LogP contribution < -0.4 is 28.4 Å². The van der Waals surface area contributed by atoms with Crippen molar-refractivity contribution >= 4 is 5.78 Å². The zero-order valence-corrected chi connectivity index (χ0v) is 21.2. The number of methoxy groups -OCH3 is 2. The molecule has 36 heavy (non-hydrogen) atoms. The first kappa shape index (κ1) is 23.2. The number of hydrogen-bond donors (Lipinski definition) is 0. The number of ether oxygens (including phenoxy) is 6. The number of carbonyl (C=O) groups excluding carboxylic acids is 1. The van der Waals surface area contributed by atoms with Gasteiger partial charge in [-0.1, -0.05) is 0 Å². The summed E-state index contributed by atoms with van der Waals surface area (Å²) in [4.78, 5) is 18.2. The number of Topliss-reactive ketones (excluding diaryl/α,β-unsaturated/α-hetero) is 1. The quantitative estimate of drug-likeness (QED) is 0.599. The van der Waals surface area contributed by atoms with E-state index in [0.29, 0.717) is 47.3 Å². The minimum Gasteiger partial charge on any atom is -0.492 e. The molecule has 0 N–H and O–H groups in total. The van der Waals surface area contributed by atoms with Gasteiger partial charge in [0.15, 0.2) is 23.0 Å². The molecule has 2 aromatic carbocycles. The Balaban J connectivity index is 1.31. The number of nitrogens with zero attached hydrogens (tertiary/aromatic N) is 2. The topological polar surface area (TPSA) is 78.9 Å². The van der Waals surface area contributed by atoms with Crippen LogP contribution in [0, 0.1) is 0 Å². The van der Waals surface area contributed by atoms with Crippen molar-refractivity contribution in [3.8, 4) is 34.5 Å². The first-order valence-corrected chi connectivity index (χ1v) is 12.4. The molecule has 0 unspecified atom stereocenters. The molecule has 6 rings (SSSR count). The molecular formula is C27H32N2O7. The Morgan fingerprint density at radius 2 is 1.25 bits per heavy atom. The fourth-order valence-electron chi connectivity index (χ4n) is 6.08. The Bertz CT molecular complexity index is 1120. The van der Waals surface area contributed by atoms with Gasteiger partial charge in [0.05, 0.1) is 14.2 Å². The van der Waals surface area contributed by atoms with Gasteiger partial charge in [0.2, 0.25) is 25.1 Å². The van der Waals surface area contributed by atoms with Gasteiger partial charge in [-0.3, -0.25) is 14.6 Å². The van der Waals surface area contributed by atoms with Crippen molar-refractivity contribution in [3.05, 3.63) is 34.4 Å². The summed E-state index contributed by atoms with van der Waals surface area (Å²) in [6, 6.07) is 3.89. The van der Waals surface area contributed by atoms with Gasteiger partial charge in [0.1, 0.15) is 5.78 Å². The Hall–Kier alpha value is -3.17. The summed E-state index contributed by atoms with van der Waals surface area (Å²) in [5, 5.41) is 0. The van der Waals surface area contributed by atoms with E-state index in [1.165, 1.54) is 0 Å². The highest BCUT2D eigenvalue weighted by molar-refractivity contribution is 5.81. The number of fused-ring (bicyclic) bond motifs is 4. The van der Waals surface area contributed by atoms with Crippen LogP contribution in [0.25, 0.3) is 0 Å². The van der Waals surface area contributed by atoms with Crippen molar-refractivity contribution in [1.29, 1.82) is 0 Å². The van der Waals surface area contributed by atoms with E-state index < -0.39 is 0 Å². The third-order valence-corrected chi connectivity index (χ3v) is 7.94. The van der Waals surface area contributed by atoms with Crippen LogP contribution >= 0.6 is 0 Å². The fraction of sp³-hybridized carbons (Fsp3) is 0.519. The van der Waals surface area contributed by atoms with Crippen molar-refractivity contribution in [3.63, 3.8) is 0 Å². The van der Waals surface area contributed by atoms with Gasteiger partial charge < -0.3 is 28.4 Å². The summed E-state index contributed by atoms with van der Waals surface area (Å²) < 4.78 is 34.3. The normalized spacial score (nSPS) is 22.2. The largest absolute Gasteiger partial charge is 0.492 e. The maximum atomic E-state index is 13.7. The smallest absolute Gasteiger partial charge is 0.231 e. The second kappa shape index (κ2) is 9.05. The van der Waals surface area contributed by atoms with E-state index in [0.717, 1.165) is 48.2 Å². The Kier molecular flexibility index (Phi) is 5.84. The number of carbonyl (C=O) groups is 1. The lowest BCUT2D eigenvalue weighted by Gasteiger charge is -2.37. The third-order valence-electron chi connectivity index (χ3n) is 7.94. The zero-order chi connectivity index (χ0) is 25.0. The van der Waals surface area contributed by atoms with Gasteiger partial charge in [-0.25, -0.2) is 0 Å². The molecule has 2 atom stereocenters. The second-order valence-corrected chi connectivity index (χ2v) is 9.87. The third kappa shape index (κ3) is 3.64. The highest BCUT2D eigenvalue weighted by atomic mass is 16.7. The molecule has 4 aliphatic heterocycles. The lowest BCUT2D eigenvalue weighted by atomic mass is 9.85. The lowest BCUT2D eigenvalue weighted by molar-refractivity contribution is -0.121. The molecule has 0 bridgehead atoms. The molecule has 9 nitrogen and oxygen atoms in total. The Labute approximate surface area is 210 Å². The Morgan fingerprint density at radius 1 is 0.806 bits per heavy atom. The van der Waals surface area contributed by atoms with Gasteiger partial charge in [-0.05, 0) is 50.2 Å². The van der Waals surface area contributed by atoms with Gasteiger partial charge in [-0.15, -0.1) is 0 Å². The van der Waals surface area contributed by atoms with Crippen LogP contribution in [0.3, 0.4) is 0 Å². The summed E-state index contributed by atoms with van der Waals surface area (Å²) in [7, 11) is 7.43. The van der Waals surface area contributed by atoms with Crippen LogP contribution in [0.4, 0.5) is 0 Å². The molecule has 9 heteroatoms. The lowest BCUT2D eigenvalue weighted by Crippen LogP contribution is -2.36. The first-order valence-electron chi connectivity index (χ1n) is 12.4. The number of likely N-dealkylation sites (N-methyl/N-ethyl adjacent to an activating group) is 2. The van der Waals surface area contributed by atoms with E-state index in [9.17, 15) is 4.79 Å². The predicted octanol–water partition coefficient (Wildman–Crippen LogP) is 3.27. The van der Waals surface area contributed by atoms with Crippen LogP contribution in [0.5, 0.6) is 34.5 Å². The highest BCUT2D eigenvalue weighted by Crippen LogP contribution is 2.52. The van der Waals surface area contributed by atoms with Gasteiger partial charge in [-0.2, -0.15) is 0 Å². The minimum absolute atomic E-state index is 0.0993. The minimum atomic E-state index is -0.0993. The van der Waals surface area contributed by atoms with E-state index in [-0.39, 0.29) is 31.5 Å². The molecule has 0 aliphatic carbocycles. The number of ketones is 1. The van der Waals surface area contributed by atoms with Crippen molar-refractivity contribution in [1.82, 2.24) is 9.80 Å². The number of hydrogen-bond acceptors (Lipinski definition) is 9. The van der Waals surface area contributed by atoms with Crippen molar-refractivity contribution in [2.75, 3.05) is 55.0 Å². The molecule has 2 aromatic rings. The molecule has 0 saturated carbocycles. The molecule has 0 saturated heterocycles. The predicted molar refractivity (Wildman–Crippen MR) is 131 cm³/mol. The summed E-state index contributed by atoms with van der Waals surface area (Å²) in [5.74, 6) is 4.23. The number of benzene rings is 2. The van der Waals surface area contributed by atoms with E-state index >= 15 is 0 Å². The average molecular weight is 497 g/mol. The van der Waals surface area contributed by atoms with Crippen molar-refractivity contribution < 1.29 is 33.2 Å². The maximum absolute atomic E-state index is 13.7. The van der Waals surface area contributed by atoms with Crippen LogP contribution in [0.1, 0.15) is 47.2 Å². The molecule has 0 fully saturated rings. The Morgan fingerprint density at radius 3 is 1.67 bits per heavy atom. The van der Waals surface area contributed by atoms with Gasteiger partial charge >= 0.3 is 0 Å². The summed E-state index contributed by atoms with van der Waals surface area (Å²) in [6.07, 6.45) is 2.50. The molecule has 0 amide bonds. The number of rotatable bonds is 6. The maximum Gasteiger partial charge on any atom is 0.231 e. The molecule has 192 valence electrons. The van der Waals surface area contributed by atoms with E-state index in [4.69, 9.17) is 28.4 Å². The van der Waals surface area contributed by atoms with Crippen molar-refractivity contribution in [2.24, 2.45) is 0 Å². The van der Waals surface area contributed by atoms with E-state index in [1.807, 2.05) is 12.1 Å². The van der Waals surface area contributed by atoms with Gasteiger partial charge in [0.25, 0.3) is 0 Å². The first-order chi connectivity index (χ1) is 17.5. The zero-order valence-electron chi connectivity index (χ0n) is 21.2. The van der Waals surface area contributed by atoms with Gasteiger partial charge in [0, 0.05) is 49.1 Å². The van der Waals surface area contributed by atoms with E-state index in [2.05, 4.69) is 23.9 Å². The monoisotopic (exact) mass is 496 g/mol. The summed E-state index contributed by atoms with van der Waals surface area (Å²) >= 11 is 0. The summed E-state index contributed by atoms with van der Waals surface area (Å²) in [5.41, 5.74) is 4.37. The molecule has 4 aliphatic rings. The fourth-order valence-corrected chi connectivity index (χ4v) is 6.08.